The molecule has 5 nitrogen and oxygen atoms in total. The van der Waals surface area contributed by atoms with Gasteiger partial charge in [0.15, 0.2) is 5.82 Å². The highest BCUT2D eigenvalue weighted by atomic mass is 32.2. The van der Waals surface area contributed by atoms with Gasteiger partial charge in [-0.2, -0.15) is 0 Å². The Bertz CT molecular complexity index is 1030. The van der Waals surface area contributed by atoms with Crippen LogP contribution in [-0.4, -0.2) is 29.0 Å². The molecule has 0 saturated carbocycles. The fourth-order valence-electron chi connectivity index (χ4n) is 3.64. The number of amides is 1. The molecule has 2 heterocycles. The summed E-state index contributed by atoms with van der Waals surface area (Å²) >= 11 is 1.54. The number of hydrogen-bond donors (Lipinski definition) is 1. The molecule has 0 radical (unpaired) electrons. The third-order valence-electron chi connectivity index (χ3n) is 5.09. The molecule has 1 amide bonds. The zero-order valence-corrected chi connectivity index (χ0v) is 17.6. The predicted molar refractivity (Wildman–Crippen MR) is 116 cm³/mol. The standard InChI is InChI=1S/C23H22F2N4OS/c24-18-11-16(12-19(25)13-18)14-28-22(30)17-5-4-10-29(15-17)21-23(27-9-8-26-21)31-20-6-2-1-3-7-20/h1-3,6-9,11-13,17H,4-5,10,14-15H2,(H,28,30). The van der Waals surface area contributed by atoms with E-state index in [2.05, 4.69) is 20.2 Å². The Hall–Kier alpha value is -3.00. The second kappa shape index (κ2) is 9.87. The number of hydrogen-bond acceptors (Lipinski definition) is 5. The fourth-order valence-corrected chi connectivity index (χ4v) is 4.54. The zero-order chi connectivity index (χ0) is 21.6. The van der Waals surface area contributed by atoms with Crippen molar-refractivity contribution in [1.29, 1.82) is 0 Å². The van der Waals surface area contributed by atoms with E-state index in [-0.39, 0.29) is 18.4 Å². The molecule has 2 aromatic carbocycles. The summed E-state index contributed by atoms with van der Waals surface area (Å²) in [6, 6.07) is 13.2. The number of anilines is 1. The van der Waals surface area contributed by atoms with Crippen LogP contribution in [0.1, 0.15) is 18.4 Å². The zero-order valence-electron chi connectivity index (χ0n) is 16.8. The number of carbonyl (C=O) groups excluding carboxylic acids is 1. The van der Waals surface area contributed by atoms with Gasteiger partial charge in [0.05, 0.1) is 5.92 Å². The summed E-state index contributed by atoms with van der Waals surface area (Å²) in [5, 5.41) is 3.61. The number of benzene rings is 2. The largest absolute Gasteiger partial charge is 0.354 e. The average molecular weight is 441 g/mol. The minimum absolute atomic E-state index is 0.0876. The monoisotopic (exact) mass is 440 g/mol. The quantitative estimate of drug-likeness (QED) is 0.614. The third-order valence-corrected chi connectivity index (χ3v) is 6.07. The van der Waals surface area contributed by atoms with E-state index in [1.54, 1.807) is 24.2 Å². The summed E-state index contributed by atoms with van der Waals surface area (Å²) in [7, 11) is 0. The molecule has 0 bridgehead atoms. The Labute approximate surface area is 183 Å². The molecule has 31 heavy (non-hydrogen) atoms. The molecule has 1 aliphatic heterocycles. The molecule has 1 aromatic heterocycles. The molecular formula is C23H22F2N4OS. The average Bonchev–Trinajstić information content (AvgIpc) is 2.78. The molecule has 1 fully saturated rings. The van der Waals surface area contributed by atoms with Crippen molar-refractivity contribution in [2.45, 2.75) is 29.3 Å². The van der Waals surface area contributed by atoms with Gasteiger partial charge in [-0.25, -0.2) is 18.7 Å². The Morgan fingerprint density at radius 2 is 1.84 bits per heavy atom. The molecule has 0 aliphatic carbocycles. The number of nitrogens with zero attached hydrogens (tertiary/aromatic N) is 3. The van der Waals surface area contributed by atoms with E-state index < -0.39 is 11.6 Å². The van der Waals surface area contributed by atoms with E-state index in [0.717, 1.165) is 41.2 Å². The molecule has 0 spiro atoms. The normalized spacial score (nSPS) is 16.2. The maximum Gasteiger partial charge on any atom is 0.225 e. The van der Waals surface area contributed by atoms with Crippen LogP contribution in [0.15, 0.2) is 70.8 Å². The SMILES string of the molecule is O=C(NCc1cc(F)cc(F)c1)C1CCCN(c2nccnc2Sc2ccccc2)C1. The van der Waals surface area contributed by atoms with Gasteiger partial charge >= 0.3 is 0 Å². The molecule has 4 rings (SSSR count). The lowest BCUT2D eigenvalue weighted by atomic mass is 9.97. The van der Waals surface area contributed by atoms with Crippen LogP contribution in [0.5, 0.6) is 0 Å². The Morgan fingerprint density at radius 1 is 1.10 bits per heavy atom. The molecule has 3 aromatic rings. The first-order chi connectivity index (χ1) is 15.1. The van der Waals surface area contributed by atoms with Gasteiger partial charge in [-0.3, -0.25) is 4.79 Å². The van der Waals surface area contributed by atoms with Crippen molar-refractivity contribution in [2.75, 3.05) is 18.0 Å². The minimum atomic E-state index is -0.654. The first kappa shape index (κ1) is 21.2. The van der Waals surface area contributed by atoms with Crippen molar-refractivity contribution in [3.63, 3.8) is 0 Å². The first-order valence-electron chi connectivity index (χ1n) is 10.1. The minimum Gasteiger partial charge on any atom is -0.354 e. The van der Waals surface area contributed by atoms with Crippen LogP contribution in [0.2, 0.25) is 0 Å². The summed E-state index contributed by atoms with van der Waals surface area (Å²) in [5.74, 6) is -0.904. The van der Waals surface area contributed by atoms with Gasteiger partial charge < -0.3 is 10.2 Å². The van der Waals surface area contributed by atoms with Crippen LogP contribution in [0.4, 0.5) is 14.6 Å². The summed E-state index contributed by atoms with van der Waals surface area (Å²) in [5.41, 5.74) is 0.397. The van der Waals surface area contributed by atoms with E-state index in [9.17, 15) is 13.6 Å². The van der Waals surface area contributed by atoms with E-state index in [4.69, 9.17) is 0 Å². The molecule has 1 unspecified atom stereocenters. The highest BCUT2D eigenvalue weighted by molar-refractivity contribution is 7.99. The van der Waals surface area contributed by atoms with Gasteiger partial charge in [0.25, 0.3) is 0 Å². The lowest BCUT2D eigenvalue weighted by Crippen LogP contribution is -2.43. The second-order valence-corrected chi connectivity index (χ2v) is 8.44. The Balaban J connectivity index is 1.42. The van der Waals surface area contributed by atoms with Crippen LogP contribution in [0.3, 0.4) is 0 Å². The van der Waals surface area contributed by atoms with E-state index in [0.29, 0.717) is 12.1 Å². The maximum atomic E-state index is 13.4. The molecule has 1 atom stereocenters. The molecule has 1 saturated heterocycles. The maximum absolute atomic E-state index is 13.4. The van der Waals surface area contributed by atoms with Gasteiger partial charge in [-0.15, -0.1) is 0 Å². The van der Waals surface area contributed by atoms with E-state index in [1.165, 1.54) is 12.1 Å². The van der Waals surface area contributed by atoms with Gasteiger partial charge in [0.2, 0.25) is 5.91 Å². The highest BCUT2D eigenvalue weighted by Crippen LogP contribution is 2.33. The van der Waals surface area contributed by atoms with Crippen LogP contribution in [-0.2, 0) is 11.3 Å². The van der Waals surface area contributed by atoms with Gasteiger partial charge in [-0.1, -0.05) is 30.0 Å². The van der Waals surface area contributed by atoms with Crippen LogP contribution in [0.25, 0.3) is 0 Å². The van der Waals surface area contributed by atoms with Gasteiger partial charge in [-0.05, 0) is 42.7 Å². The van der Waals surface area contributed by atoms with Crippen LogP contribution < -0.4 is 10.2 Å². The number of rotatable bonds is 6. The predicted octanol–water partition coefficient (Wildman–Crippen LogP) is 4.44. The van der Waals surface area contributed by atoms with Crippen molar-refractivity contribution in [2.24, 2.45) is 5.92 Å². The van der Waals surface area contributed by atoms with Crippen molar-refractivity contribution in [3.8, 4) is 0 Å². The lowest BCUT2D eigenvalue weighted by molar-refractivity contribution is -0.125. The molecule has 1 N–H and O–H groups in total. The van der Waals surface area contributed by atoms with Crippen molar-refractivity contribution >= 4 is 23.5 Å². The summed E-state index contributed by atoms with van der Waals surface area (Å²) < 4.78 is 26.7. The topological polar surface area (TPSA) is 58.1 Å². The molecule has 1 aliphatic rings. The number of nitrogens with one attached hydrogen (secondary N) is 1. The van der Waals surface area contributed by atoms with Gasteiger partial charge in [0.1, 0.15) is 16.7 Å². The van der Waals surface area contributed by atoms with Gasteiger partial charge in [0, 0.05) is 43.0 Å². The summed E-state index contributed by atoms with van der Waals surface area (Å²) in [6.07, 6.45) is 4.92. The van der Waals surface area contributed by atoms with Crippen LogP contribution >= 0.6 is 11.8 Å². The lowest BCUT2D eigenvalue weighted by Gasteiger charge is -2.33. The Kier molecular flexibility index (Phi) is 6.76. The number of carbonyl (C=O) groups is 1. The van der Waals surface area contributed by atoms with E-state index >= 15 is 0 Å². The highest BCUT2D eigenvalue weighted by Gasteiger charge is 2.28. The van der Waals surface area contributed by atoms with E-state index in [1.807, 2.05) is 30.3 Å². The second-order valence-electron chi connectivity index (χ2n) is 7.38. The Morgan fingerprint density at radius 3 is 2.61 bits per heavy atom. The molecule has 8 heteroatoms. The summed E-state index contributed by atoms with van der Waals surface area (Å²) in [6.45, 7) is 1.40. The fraction of sp³-hybridized carbons (Fsp3) is 0.261. The van der Waals surface area contributed by atoms with Crippen molar-refractivity contribution < 1.29 is 13.6 Å². The third kappa shape index (κ3) is 5.58. The summed E-state index contributed by atoms with van der Waals surface area (Å²) in [4.78, 5) is 24.9. The number of halogens is 2. The smallest absolute Gasteiger partial charge is 0.225 e. The number of aromatic nitrogens is 2. The number of piperidine rings is 1. The first-order valence-corrected chi connectivity index (χ1v) is 10.9. The molecule has 160 valence electrons. The van der Waals surface area contributed by atoms with Crippen LogP contribution in [0, 0.1) is 17.6 Å². The van der Waals surface area contributed by atoms with Crippen molar-refractivity contribution in [1.82, 2.24) is 15.3 Å². The van der Waals surface area contributed by atoms with Crippen molar-refractivity contribution in [3.05, 3.63) is 78.1 Å². The molecular weight excluding hydrogens is 418 g/mol.